The maximum atomic E-state index is 10.5. The zero-order chi connectivity index (χ0) is 17.7. The third-order valence-electron chi connectivity index (χ3n) is 5.20. The Hall–Kier alpha value is -3.35. The van der Waals surface area contributed by atoms with Crippen molar-refractivity contribution in [2.24, 2.45) is 0 Å². The molecule has 0 bridgehead atoms. The van der Waals surface area contributed by atoms with Crippen LogP contribution >= 0.6 is 0 Å². The molecular weight excluding hydrogens is 328 g/mol. The number of aromatic hydroxyl groups is 1. The summed E-state index contributed by atoms with van der Waals surface area (Å²) in [5.74, 6) is 0.616. The van der Waals surface area contributed by atoms with Crippen LogP contribution in [0.3, 0.4) is 0 Å². The first-order valence-electron chi connectivity index (χ1n) is 8.68. The van der Waals surface area contributed by atoms with E-state index in [1.807, 2.05) is 30.3 Å². The van der Waals surface area contributed by atoms with Crippen molar-refractivity contribution < 1.29 is 5.11 Å². The van der Waals surface area contributed by atoms with Crippen molar-refractivity contribution >= 4 is 16.6 Å². The van der Waals surface area contributed by atoms with Gasteiger partial charge < -0.3 is 15.4 Å². The fourth-order valence-corrected chi connectivity index (χ4v) is 3.64. The average Bonchev–Trinajstić information content (AvgIpc) is 3.22. The van der Waals surface area contributed by atoms with Gasteiger partial charge >= 0.3 is 0 Å². The maximum Gasteiger partial charge on any atom is 0.183 e. The lowest BCUT2D eigenvalue weighted by atomic mass is 9.92. The van der Waals surface area contributed by atoms with Crippen LogP contribution in [0.2, 0.25) is 0 Å². The van der Waals surface area contributed by atoms with Gasteiger partial charge in [0.05, 0.1) is 5.56 Å². The SMILES string of the molecule is Nc1ccc(-c2cc3cc(O)c(-c4nnn[nH]4)cc3n2C2CCC2)cc1. The van der Waals surface area contributed by atoms with Gasteiger partial charge in [-0.1, -0.05) is 12.1 Å². The molecule has 1 aliphatic carbocycles. The second kappa shape index (κ2) is 5.59. The fraction of sp³-hybridized carbons (Fsp3) is 0.211. The normalized spacial score (nSPS) is 14.6. The standard InChI is InChI=1S/C19H18N6O/c20-13-6-4-11(5-7-13)16-8-12-9-18(26)15(19-21-23-24-22-19)10-17(12)25(16)14-2-1-3-14/h4-10,14,26H,1-3,20H2,(H,21,22,23,24). The summed E-state index contributed by atoms with van der Waals surface area (Å²) < 4.78 is 2.37. The molecule has 2 heterocycles. The summed E-state index contributed by atoms with van der Waals surface area (Å²) in [6.07, 6.45) is 3.56. The molecule has 0 spiro atoms. The Kier molecular flexibility index (Phi) is 3.21. The van der Waals surface area contributed by atoms with E-state index >= 15 is 0 Å². The number of nitrogen functional groups attached to an aromatic ring is 1. The molecule has 1 aliphatic rings. The van der Waals surface area contributed by atoms with E-state index < -0.39 is 0 Å². The second-order valence-corrected chi connectivity index (χ2v) is 6.78. The highest BCUT2D eigenvalue weighted by molar-refractivity contribution is 5.92. The van der Waals surface area contributed by atoms with E-state index in [0.29, 0.717) is 17.4 Å². The van der Waals surface area contributed by atoms with E-state index in [1.165, 1.54) is 6.42 Å². The number of nitrogens with zero attached hydrogens (tertiary/aromatic N) is 4. The third kappa shape index (κ3) is 2.24. The quantitative estimate of drug-likeness (QED) is 0.492. The van der Waals surface area contributed by atoms with Crippen LogP contribution in [0.15, 0.2) is 42.5 Å². The lowest BCUT2D eigenvalue weighted by Crippen LogP contribution is -2.17. The van der Waals surface area contributed by atoms with Gasteiger partial charge in [-0.15, -0.1) is 5.10 Å². The van der Waals surface area contributed by atoms with Crippen molar-refractivity contribution in [2.45, 2.75) is 25.3 Å². The number of phenolic OH excluding ortho intramolecular Hbond substituents is 1. The van der Waals surface area contributed by atoms with E-state index in [9.17, 15) is 5.11 Å². The molecule has 1 fully saturated rings. The molecule has 0 saturated heterocycles. The molecule has 0 unspecified atom stereocenters. The van der Waals surface area contributed by atoms with Crippen molar-refractivity contribution in [1.29, 1.82) is 0 Å². The lowest BCUT2D eigenvalue weighted by molar-refractivity contribution is 0.324. The van der Waals surface area contributed by atoms with Gasteiger partial charge in [-0.05, 0) is 65.6 Å². The summed E-state index contributed by atoms with van der Waals surface area (Å²) in [5.41, 5.74) is 10.5. The zero-order valence-corrected chi connectivity index (χ0v) is 14.1. The van der Waals surface area contributed by atoms with Gasteiger partial charge in [0.1, 0.15) is 5.75 Å². The topological polar surface area (TPSA) is 106 Å². The molecule has 4 N–H and O–H groups in total. The summed E-state index contributed by atoms with van der Waals surface area (Å²) in [6, 6.07) is 14.3. The number of nitrogens with one attached hydrogen (secondary N) is 1. The molecule has 5 rings (SSSR count). The number of hydrogen-bond acceptors (Lipinski definition) is 5. The number of anilines is 1. The summed E-state index contributed by atoms with van der Waals surface area (Å²) >= 11 is 0. The predicted octanol–water partition coefficient (Wildman–Crippen LogP) is 3.50. The Bertz CT molecular complexity index is 1080. The lowest BCUT2D eigenvalue weighted by Gasteiger charge is -2.30. The molecule has 26 heavy (non-hydrogen) atoms. The number of phenols is 1. The average molecular weight is 346 g/mol. The number of aromatic nitrogens is 5. The molecule has 4 aromatic rings. The van der Waals surface area contributed by atoms with Crippen LogP contribution in [0.5, 0.6) is 5.75 Å². The van der Waals surface area contributed by atoms with Crippen LogP contribution in [0.4, 0.5) is 5.69 Å². The Labute approximate surface area is 149 Å². The predicted molar refractivity (Wildman–Crippen MR) is 99.5 cm³/mol. The van der Waals surface area contributed by atoms with E-state index in [4.69, 9.17) is 5.73 Å². The highest BCUT2D eigenvalue weighted by Crippen LogP contribution is 2.42. The first kappa shape index (κ1) is 14.9. The van der Waals surface area contributed by atoms with Gasteiger partial charge in [-0.25, -0.2) is 5.10 Å². The number of rotatable bonds is 3. The molecule has 2 aromatic carbocycles. The van der Waals surface area contributed by atoms with E-state index in [1.54, 1.807) is 6.07 Å². The van der Waals surface area contributed by atoms with Crippen molar-refractivity contribution in [2.75, 3.05) is 5.73 Å². The number of tetrazole rings is 1. The molecule has 0 atom stereocenters. The number of aromatic amines is 1. The highest BCUT2D eigenvalue weighted by Gasteiger charge is 2.25. The molecule has 0 aliphatic heterocycles. The number of benzene rings is 2. The van der Waals surface area contributed by atoms with Crippen molar-refractivity contribution in [3.63, 3.8) is 0 Å². The highest BCUT2D eigenvalue weighted by atomic mass is 16.3. The fourth-order valence-electron chi connectivity index (χ4n) is 3.64. The largest absolute Gasteiger partial charge is 0.507 e. The van der Waals surface area contributed by atoms with Gasteiger partial charge in [-0.3, -0.25) is 0 Å². The summed E-state index contributed by atoms with van der Waals surface area (Å²) in [6.45, 7) is 0. The Morgan fingerprint density at radius 3 is 2.58 bits per heavy atom. The third-order valence-corrected chi connectivity index (χ3v) is 5.20. The summed E-state index contributed by atoms with van der Waals surface area (Å²) in [4.78, 5) is 0. The van der Waals surface area contributed by atoms with Crippen LogP contribution in [0.25, 0.3) is 33.5 Å². The van der Waals surface area contributed by atoms with Crippen LogP contribution in [-0.2, 0) is 0 Å². The van der Waals surface area contributed by atoms with Gasteiger partial charge in [0, 0.05) is 28.3 Å². The molecule has 0 amide bonds. The minimum Gasteiger partial charge on any atom is -0.507 e. The van der Waals surface area contributed by atoms with Gasteiger partial charge in [-0.2, -0.15) is 0 Å². The molecule has 0 radical (unpaired) electrons. The summed E-state index contributed by atoms with van der Waals surface area (Å²) in [7, 11) is 0. The minimum absolute atomic E-state index is 0.158. The van der Waals surface area contributed by atoms with Crippen LogP contribution < -0.4 is 5.73 Å². The number of nitrogens with two attached hydrogens (primary N) is 1. The van der Waals surface area contributed by atoms with Gasteiger partial charge in [0.2, 0.25) is 0 Å². The Morgan fingerprint density at radius 2 is 1.92 bits per heavy atom. The molecule has 2 aromatic heterocycles. The van der Waals surface area contributed by atoms with E-state index in [-0.39, 0.29) is 5.75 Å². The zero-order valence-electron chi connectivity index (χ0n) is 14.1. The van der Waals surface area contributed by atoms with Crippen LogP contribution in [0.1, 0.15) is 25.3 Å². The van der Waals surface area contributed by atoms with Crippen molar-refractivity contribution in [1.82, 2.24) is 25.2 Å². The monoisotopic (exact) mass is 346 g/mol. The Morgan fingerprint density at radius 1 is 1.12 bits per heavy atom. The number of hydrogen-bond donors (Lipinski definition) is 3. The first-order valence-corrected chi connectivity index (χ1v) is 8.68. The molecular formula is C19H18N6O. The first-order chi connectivity index (χ1) is 12.7. The molecule has 7 nitrogen and oxygen atoms in total. The minimum atomic E-state index is 0.158. The van der Waals surface area contributed by atoms with Crippen LogP contribution in [0, 0.1) is 0 Å². The smallest absolute Gasteiger partial charge is 0.183 e. The van der Waals surface area contributed by atoms with Gasteiger partial charge in [0.25, 0.3) is 0 Å². The molecule has 7 heteroatoms. The molecule has 130 valence electrons. The molecule has 1 saturated carbocycles. The van der Waals surface area contributed by atoms with Crippen molar-refractivity contribution in [3.8, 4) is 28.4 Å². The second-order valence-electron chi connectivity index (χ2n) is 6.78. The maximum absolute atomic E-state index is 10.5. The van der Waals surface area contributed by atoms with E-state index in [0.717, 1.165) is 40.7 Å². The summed E-state index contributed by atoms with van der Waals surface area (Å²) in [5, 5.41) is 25.3. The van der Waals surface area contributed by atoms with Gasteiger partial charge in [0.15, 0.2) is 5.82 Å². The van der Waals surface area contributed by atoms with E-state index in [2.05, 4.69) is 31.3 Å². The Balaban J connectivity index is 1.76. The van der Waals surface area contributed by atoms with Crippen LogP contribution in [-0.4, -0.2) is 30.3 Å². The number of fused-ring (bicyclic) bond motifs is 1. The number of H-pyrrole nitrogens is 1. The van der Waals surface area contributed by atoms with Crippen molar-refractivity contribution in [3.05, 3.63) is 42.5 Å².